The lowest BCUT2D eigenvalue weighted by atomic mass is 9.89. The zero-order valence-electron chi connectivity index (χ0n) is 22.4. The molecule has 3 aromatic carbocycles. The molecule has 1 aliphatic heterocycles. The third-order valence-corrected chi connectivity index (χ3v) is 9.31. The van der Waals surface area contributed by atoms with Crippen LogP contribution in [0.15, 0.2) is 77.7 Å². The molecule has 4 rings (SSSR count). The maximum Gasteiger partial charge on any atom is 0.416 e. The minimum absolute atomic E-state index is 0.0243. The van der Waals surface area contributed by atoms with Crippen LogP contribution in [0, 0.1) is 0 Å². The van der Waals surface area contributed by atoms with E-state index in [1.807, 2.05) is 12.1 Å². The van der Waals surface area contributed by atoms with E-state index in [9.17, 15) is 31.5 Å². The number of hydrogen-bond donors (Lipinski definition) is 2. The molecule has 1 amide bonds. The lowest BCUT2D eigenvalue weighted by molar-refractivity contribution is -0.137. The SMILES string of the molecule is CCS(=O)(=O)c1ccc([C@@](C)(CO)NC(=O)c2ccc(N3CCCC(c4ccc(C(F)(F)F)cc4)C3)cc2)cc1. The molecule has 1 fully saturated rings. The van der Waals surface area contributed by atoms with E-state index >= 15 is 0 Å². The molecule has 1 aliphatic rings. The van der Waals surface area contributed by atoms with E-state index in [2.05, 4.69) is 10.2 Å². The average Bonchev–Trinajstić information content (AvgIpc) is 2.97. The first kappa shape index (κ1) is 29.6. The molecule has 0 aromatic heterocycles. The standard InChI is InChI=1S/C30H33F3N2O4S/c1-3-40(38,39)27-16-12-24(13-17-27)29(2,20-36)34-28(37)22-8-14-26(15-9-22)35-18-4-5-23(19-35)21-6-10-25(11-7-21)30(31,32)33/h6-17,23,36H,3-5,18-20H2,1-2H3,(H,34,37)/t23?,29-/m1/s1. The number of alkyl halides is 3. The van der Waals surface area contributed by atoms with Crippen molar-refractivity contribution in [3.63, 3.8) is 0 Å². The molecule has 1 unspecified atom stereocenters. The Morgan fingerprint density at radius 1 is 0.975 bits per heavy atom. The minimum Gasteiger partial charge on any atom is -0.394 e. The van der Waals surface area contributed by atoms with Gasteiger partial charge in [0.15, 0.2) is 9.84 Å². The summed E-state index contributed by atoms with van der Waals surface area (Å²) >= 11 is 0. The first-order chi connectivity index (χ1) is 18.9. The molecule has 40 heavy (non-hydrogen) atoms. The van der Waals surface area contributed by atoms with Crippen molar-refractivity contribution in [2.24, 2.45) is 0 Å². The fourth-order valence-corrected chi connectivity index (χ4v) is 5.86. The van der Waals surface area contributed by atoms with Crippen LogP contribution >= 0.6 is 0 Å². The van der Waals surface area contributed by atoms with Crippen LogP contribution < -0.4 is 10.2 Å². The van der Waals surface area contributed by atoms with Crippen LogP contribution in [0.25, 0.3) is 0 Å². The molecule has 0 bridgehead atoms. The van der Waals surface area contributed by atoms with Crippen LogP contribution in [0.3, 0.4) is 0 Å². The molecular weight excluding hydrogens is 541 g/mol. The lowest BCUT2D eigenvalue weighted by Crippen LogP contribution is -2.46. The second-order valence-electron chi connectivity index (χ2n) is 10.3. The number of nitrogens with zero attached hydrogens (tertiary/aromatic N) is 1. The summed E-state index contributed by atoms with van der Waals surface area (Å²) in [6, 6.07) is 18.6. The molecule has 214 valence electrons. The highest BCUT2D eigenvalue weighted by Crippen LogP contribution is 2.34. The summed E-state index contributed by atoms with van der Waals surface area (Å²) in [7, 11) is -3.37. The summed E-state index contributed by atoms with van der Waals surface area (Å²) in [4.78, 5) is 15.4. The molecule has 0 aliphatic carbocycles. The number of benzene rings is 3. The highest BCUT2D eigenvalue weighted by Gasteiger charge is 2.31. The molecule has 0 saturated carbocycles. The van der Waals surface area contributed by atoms with Gasteiger partial charge >= 0.3 is 6.18 Å². The predicted octanol–water partition coefficient (Wildman–Crippen LogP) is 5.52. The monoisotopic (exact) mass is 574 g/mol. The van der Waals surface area contributed by atoms with Crippen molar-refractivity contribution >= 4 is 21.4 Å². The van der Waals surface area contributed by atoms with Gasteiger partial charge in [0.2, 0.25) is 0 Å². The zero-order chi connectivity index (χ0) is 29.1. The maximum atomic E-state index is 13.1. The molecule has 1 saturated heterocycles. The van der Waals surface area contributed by atoms with E-state index in [0.29, 0.717) is 17.7 Å². The summed E-state index contributed by atoms with van der Waals surface area (Å²) in [6.45, 7) is 4.29. The third kappa shape index (κ3) is 6.50. The highest BCUT2D eigenvalue weighted by molar-refractivity contribution is 7.91. The largest absolute Gasteiger partial charge is 0.416 e. The fraction of sp³-hybridized carbons (Fsp3) is 0.367. The lowest BCUT2D eigenvalue weighted by Gasteiger charge is -2.35. The van der Waals surface area contributed by atoms with Gasteiger partial charge in [0.1, 0.15) is 0 Å². The first-order valence-corrected chi connectivity index (χ1v) is 14.8. The number of anilines is 1. The van der Waals surface area contributed by atoms with Gasteiger partial charge in [0.25, 0.3) is 5.91 Å². The Kier molecular flexibility index (Phi) is 8.60. The number of nitrogens with one attached hydrogen (secondary N) is 1. The minimum atomic E-state index is -4.36. The second kappa shape index (κ2) is 11.6. The van der Waals surface area contributed by atoms with Crippen LogP contribution in [-0.4, -0.2) is 44.9 Å². The number of aliphatic hydroxyl groups is 1. The van der Waals surface area contributed by atoms with Crippen LogP contribution in [0.2, 0.25) is 0 Å². The van der Waals surface area contributed by atoms with Gasteiger partial charge in [-0.1, -0.05) is 31.2 Å². The Labute approximate surface area is 232 Å². The van der Waals surface area contributed by atoms with E-state index in [-0.39, 0.29) is 16.6 Å². The van der Waals surface area contributed by atoms with Crippen molar-refractivity contribution in [2.45, 2.75) is 49.2 Å². The quantitative estimate of drug-likeness (QED) is 0.370. The Bertz CT molecular complexity index is 1420. The molecule has 1 heterocycles. The van der Waals surface area contributed by atoms with Crippen LogP contribution in [0.5, 0.6) is 0 Å². The van der Waals surface area contributed by atoms with E-state index in [0.717, 1.165) is 42.8 Å². The number of halogens is 3. The molecule has 0 spiro atoms. The van der Waals surface area contributed by atoms with E-state index in [1.54, 1.807) is 50.2 Å². The highest BCUT2D eigenvalue weighted by atomic mass is 32.2. The first-order valence-electron chi connectivity index (χ1n) is 13.1. The summed E-state index contributed by atoms with van der Waals surface area (Å²) < 4.78 is 63.0. The van der Waals surface area contributed by atoms with Crippen molar-refractivity contribution in [1.29, 1.82) is 0 Å². The Morgan fingerprint density at radius 2 is 1.57 bits per heavy atom. The normalized spacial score (nSPS) is 17.8. The molecule has 6 nitrogen and oxygen atoms in total. The topological polar surface area (TPSA) is 86.7 Å². The van der Waals surface area contributed by atoms with Crippen molar-refractivity contribution in [3.05, 3.63) is 95.1 Å². The van der Waals surface area contributed by atoms with E-state index < -0.39 is 39.6 Å². The molecule has 2 atom stereocenters. The Morgan fingerprint density at radius 3 is 2.12 bits per heavy atom. The van der Waals surface area contributed by atoms with Crippen LogP contribution in [0.4, 0.5) is 18.9 Å². The number of carbonyl (C=O) groups excluding carboxylic acids is 1. The van der Waals surface area contributed by atoms with Crippen LogP contribution in [0.1, 0.15) is 59.7 Å². The number of aliphatic hydroxyl groups excluding tert-OH is 1. The van der Waals surface area contributed by atoms with Crippen LogP contribution in [-0.2, 0) is 21.6 Å². The van der Waals surface area contributed by atoms with Gasteiger partial charge in [-0.3, -0.25) is 4.79 Å². The number of hydrogen-bond acceptors (Lipinski definition) is 5. The van der Waals surface area contributed by atoms with Gasteiger partial charge in [0, 0.05) is 30.3 Å². The van der Waals surface area contributed by atoms with Gasteiger partial charge in [-0.2, -0.15) is 13.2 Å². The van der Waals surface area contributed by atoms with Gasteiger partial charge in [-0.25, -0.2) is 8.42 Å². The summed E-state index contributed by atoms with van der Waals surface area (Å²) in [6.07, 6.45) is -2.59. The van der Waals surface area contributed by atoms with Gasteiger partial charge in [-0.15, -0.1) is 0 Å². The fourth-order valence-electron chi connectivity index (χ4n) is 4.97. The second-order valence-corrected chi connectivity index (χ2v) is 12.6. The number of sulfone groups is 1. The van der Waals surface area contributed by atoms with Gasteiger partial charge in [-0.05, 0) is 79.4 Å². The zero-order valence-corrected chi connectivity index (χ0v) is 23.2. The van der Waals surface area contributed by atoms with E-state index in [1.165, 1.54) is 12.1 Å². The summed E-state index contributed by atoms with van der Waals surface area (Å²) in [5, 5.41) is 13.0. The molecule has 2 N–H and O–H groups in total. The maximum absolute atomic E-state index is 13.1. The summed E-state index contributed by atoms with van der Waals surface area (Å²) in [5.74, 6) is -0.318. The van der Waals surface area contributed by atoms with Gasteiger partial charge < -0.3 is 15.3 Å². The van der Waals surface area contributed by atoms with Gasteiger partial charge in [0.05, 0.1) is 28.4 Å². The van der Waals surface area contributed by atoms with Crippen molar-refractivity contribution < 1.29 is 31.5 Å². The number of rotatable bonds is 8. The smallest absolute Gasteiger partial charge is 0.394 e. The Balaban J connectivity index is 1.43. The number of piperidine rings is 1. The third-order valence-electron chi connectivity index (χ3n) is 7.56. The van der Waals surface area contributed by atoms with Crippen molar-refractivity contribution in [3.8, 4) is 0 Å². The average molecular weight is 575 g/mol. The predicted molar refractivity (Wildman–Crippen MR) is 148 cm³/mol. The molecule has 0 radical (unpaired) electrons. The van der Waals surface area contributed by atoms with Crippen molar-refractivity contribution in [2.75, 3.05) is 30.3 Å². The number of amides is 1. The summed E-state index contributed by atoms with van der Waals surface area (Å²) in [5.41, 5.74) is 0.952. The van der Waals surface area contributed by atoms with E-state index in [4.69, 9.17) is 0 Å². The molecular formula is C30H33F3N2O4S. The Hall–Kier alpha value is -3.37. The molecule has 3 aromatic rings. The molecule has 10 heteroatoms. The van der Waals surface area contributed by atoms with Crippen molar-refractivity contribution in [1.82, 2.24) is 5.32 Å². The number of carbonyl (C=O) groups is 1.